The first-order valence-corrected chi connectivity index (χ1v) is 5.96. The van der Waals surface area contributed by atoms with Gasteiger partial charge in [0.05, 0.1) is 0 Å². The standard InChI is InChI=1S/C14H20O/c1-10-9-14(2,3)13(15)12(10)11-7-5-4-6-8-11/h7H,4-6,8-9H2,1-3H3. The molecule has 0 aromatic carbocycles. The Hall–Kier alpha value is -0.850. The van der Waals surface area contributed by atoms with Crippen molar-refractivity contribution in [3.05, 3.63) is 22.8 Å². The van der Waals surface area contributed by atoms with Gasteiger partial charge in [0.25, 0.3) is 0 Å². The molecule has 0 radical (unpaired) electrons. The molecule has 0 aromatic rings. The van der Waals surface area contributed by atoms with Crippen molar-refractivity contribution in [3.8, 4) is 0 Å². The smallest absolute Gasteiger partial charge is 0.168 e. The average Bonchev–Trinajstić information content (AvgIpc) is 2.38. The molecule has 2 rings (SSSR count). The molecule has 2 aliphatic carbocycles. The van der Waals surface area contributed by atoms with Gasteiger partial charge in [0.1, 0.15) is 0 Å². The van der Waals surface area contributed by atoms with Crippen LogP contribution in [-0.2, 0) is 4.79 Å². The maximum absolute atomic E-state index is 12.2. The lowest BCUT2D eigenvalue weighted by Crippen LogP contribution is -2.20. The van der Waals surface area contributed by atoms with E-state index < -0.39 is 0 Å². The molecule has 0 fully saturated rings. The van der Waals surface area contributed by atoms with Gasteiger partial charge in [-0.05, 0) is 44.6 Å². The summed E-state index contributed by atoms with van der Waals surface area (Å²) in [6.07, 6.45) is 8.01. The second-order valence-electron chi connectivity index (χ2n) is 5.52. The third kappa shape index (κ3) is 1.80. The van der Waals surface area contributed by atoms with E-state index in [1.54, 1.807) is 0 Å². The fourth-order valence-corrected chi connectivity index (χ4v) is 2.85. The number of carbonyl (C=O) groups excluding carboxylic acids is 1. The first-order chi connectivity index (χ1) is 7.02. The van der Waals surface area contributed by atoms with Gasteiger partial charge in [-0.2, -0.15) is 0 Å². The summed E-state index contributed by atoms with van der Waals surface area (Å²) >= 11 is 0. The van der Waals surface area contributed by atoms with Gasteiger partial charge >= 0.3 is 0 Å². The number of carbonyl (C=O) groups is 1. The van der Waals surface area contributed by atoms with Crippen LogP contribution >= 0.6 is 0 Å². The van der Waals surface area contributed by atoms with E-state index in [2.05, 4.69) is 26.8 Å². The van der Waals surface area contributed by atoms with Crippen LogP contribution in [0, 0.1) is 5.41 Å². The van der Waals surface area contributed by atoms with Crippen LogP contribution in [0.2, 0.25) is 0 Å². The highest BCUT2D eigenvalue weighted by Crippen LogP contribution is 2.42. The van der Waals surface area contributed by atoms with Crippen molar-refractivity contribution < 1.29 is 4.79 Å². The monoisotopic (exact) mass is 204 g/mol. The van der Waals surface area contributed by atoms with Crippen LogP contribution in [0.15, 0.2) is 22.8 Å². The quantitative estimate of drug-likeness (QED) is 0.635. The Balaban J connectivity index is 2.33. The number of rotatable bonds is 1. The molecule has 0 aromatic heterocycles. The van der Waals surface area contributed by atoms with Gasteiger partial charge in [0, 0.05) is 11.0 Å². The first-order valence-electron chi connectivity index (χ1n) is 5.96. The van der Waals surface area contributed by atoms with Crippen molar-refractivity contribution in [2.75, 3.05) is 0 Å². The van der Waals surface area contributed by atoms with Crippen LogP contribution < -0.4 is 0 Å². The Bertz CT molecular complexity index is 356. The lowest BCUT2D eigenvalue weighted by atomic mass is 9.84. The van der Waals surface area contributed by atoms with Crippen molar-refractivity contribution in [1.29, 1.82) is 0 Å². The number of hydrogen-bond donors (Lipinski definition) is 0. The number of allylic oxidation sites excluding steroid dienone is 4. The molecule has 1 heteroatoms. The van der Waals surface area contributed by atoms with Gasteiger partial charge in [-0.3, -0.25) is 4.79 Å². The fourth-order valence-electron chi connectivity index (χ4n) is 2.85. The molecule has 0 saturated carbocycles. The van der Waals surface area contributed by atoms with Gasteiger partial charge in [0.2, 0.25) is 0 Å². The van der Waals surface area contributed by atoms with Crippen LogP contribution in [0.3, 0.4) is 0 Å². The Labute approximate surface area is 92.3 Å². The SMILES string of the molecule is CC1=C(C2=CCCCC2)C(=O)C(C)(C)C1. The third-order valence-corrected chi connectivity index (χ3v) is 3.59. The summed E-state index contributed by atoms with van der Waals surface area (Å²) in [6, 6.07) is 0. The summed E-state index contributed by atoms with van der Waals surface area (Å²) in [5.74, 6) is 0.369. The molecule has 0 atom stereocenters. The number of Topliss-reactive ketones (excluding diaryl/α,β-unsaturated/α-hetero) is 1. The molecule has 15 heavy (non-hydrogen) atoms. The average molecular weight is 204 g/mol. The van der Waals surface area contributed by atoms with E-state index >= 15 is 0 Å². The minimum absolute atomic E-state index is 0.155. The summed E-state index contributed by atoms with van der Waals surface area (Å²) in [5, 5.41) is 0. The lowest BCUT2D eigenvalue weighted by molar-refractivity contribution is -0.121. The number of ketones is 1. The highest BCUT2D eigenvalue weighted by atomic mass is 16.1. The summed E-state index contributed by atoms with van der Waals surface area (Å²) in [7, 11) is 0. The zero-order valence-electron chi connectivity index (χ0n) is 10.0. The van der Waals surface area contributed by atoms with Gasteiger partial charge < -0.3 is 0 Å². The molecule has 0 aliphatic heterocycles. The van der Waals surface area contributed by atoms with Crippen LogP contribution in [0.5, 0.6) is 0 Å². The zero-order valence-corrected chi connectivity index (χ0v) is 10.0. The van der Waals surface area contributed by atoms with Crippen molar-refractivity contribution >= 4 is 5.78 Å². The van der Waals surface area contributed by atoms with Crippen molar-refractivity contribution in [2.45, 2.75) is 52.9 Å². The molecule has 0 unspecified atom stereocenters. The maximum Gasteiger partial charge on any atom is 0.168 e. The predicted molar refractivity (Wildman–Crippen MR) is 62.7 cm³/mol. The van der Waals surface area contributed by atoms with Crippen molar-refractivity contribution in [1.82, 2.24) is 0 Å². The van der Waals surface area contributed by atoms with E-state index in [0.717, 1.165) is 24.8 Å². The van der Waals surface area contributed by atoms with E-state index in [1.807, 2.05) is 0 Å². The molecule has 0 saturated heterocycles. The van der Waals surface area contributed by atoms with E-state index in [-0.39, 0.29) is 5.41 Å². The molecule has 0 spiro atoms. The third-order valence-electron chi connectivity index (χ3n) is 3.59. The zero-order chi connectivity index (χ0) is 11.1. The number of hydrogen-bond acceptors (Lipinski definition) is 1. The Morgan fingerprint density at radius 3 is 2.47 bits per heavy atom. The van der Waals surface area contributed by atoms with Gasteiger partial charge in [-0.25, -0.2) is 0 Å². The van der Waals surface area contributed by atoms with Crippen LogP contribution in [0.25, 0.3) is 0 Å². The first kappa shape index (κ1) is 10.7. The summed E-state index contributed by atoms with van der Waals surface area (Å²) in [6.45, 7) is 6.25. The minimum atomic E-state index is -0.155. The molecular weight excluding hydrogens is 184 g/mol. The van der Waals surface area contributed by atoms with E-state index in [4.69, 9.17) is 0 Å². The van der Waals surface area contributed by atoms with Crippen molar-refractivity contribution in [3.63, 3.8) is 0 Å². The maximum atomic E-state index is 12.2. The summed E-state index contributed by atoms with van der Waals surface area (Å²) < 4.78 is 0. The Kier molecular flexibility index (Phi) is 2.57. The Morgan fingerprint density at radius 1 is 1.27 bits per heavy atom. The molecule has 1 nitrogen and oxygen atoms in total. The van der Waals surface area contributed by atoms with Crippen LogP contribution in [0.4, 0.5) is 0 Å². The molecule has 82 valence electrons. The molecule has 0 N–H and O–H groups in total. The van der Waals surface area contributed by atoms with Gasteiger partial charge in [0.15, 0.2) is 5.78 Å². The highest BCUT2D eigenvalue weighted by molar-refractivity contribution is 6.06. The van der Waals surface area contributed by atoms with E-state index in [0.29, 0.717) is 5.78 Å². The minimum Gasteiger partial charge on any atom is -0.294 e. The molecule has 0 amide bonds. The normalized spacial score (nSPS) is 25.8. The van der Waals surface area contributed by atoms with E-state index in [1.165, 1.54) is 24.0 Å². The lowest BCUT2D eigenvalue weighted by Gasteiger charge is -2.18. The largest absolute Gasteiger partial charge is 0.294 e. The molecule has 2 aliphatic rings. The predicted octanol–water partition coefficient (Wildman–Crippen LogP) is 3.80. The second-order valence-corrected chi connectivity index (χ2v) is 5.52. The fraction of sp³-hybridized carbons (Fsp3) is 0.643. The molecule has 0 heterocycles. The molecule has 0 bridgehead atoms. The van der Waals surface area contributed by atoms with Gasteiger partial charge in [-0.1, -0.05) is 25.5 Å². The second kappa shape index (κ2) is 3.62. The highest BCUT2D eigenvalue weighted by Gasteiger charge is 2.38. The summed E-state index contributed by atoms with van der Waals surface area (Å²) in [4.78, 5) is 12.2. The Morgan fingerprint density at radius 2 is 2.00 bits per heavy atom. The molecular formula is C14H20O. The van der Waals surface area contributed by atoms with Crippen molar-refractivity contribution in [2.24, 2.45) is 5.41 Å². The van der Waals surface area contributed by atoms with Crippen LogP contribution in [0.1, 0.15) is 52.9 Å². The topological polar surface area (TPSA) is 17.1 Å². The van der Waals surface area contributed by atoms with E-state index in [9.17, 15) is 4.79 Å². The van der Waals surface area contributed by atoms with Crippen LogP contribution in [-0.4, -0.2) is 5.78 Å². The van der Waals surface area contributed by atoms with Gasteiger partial charge in [-0.15, -0.1) is 0 Å². The summed E-state index contributed by atoms with van der Waals surface area (Å²) in [5.41, 5.74) is 3.55.